The van der Waals surface area contributed by atoms with Crippen LogP contribution in [0.15, 0.2) is 41.3 Å². The summed E-state index contributed by atoms with van der Waals surface area (Å²) in [7, 11) is 0. The van der Waals surface area contributed by atoms with E-state index >= 15 is 0 Å². The number of carbonyl (C=O) groups is 2. The number of piperidine rings is 1. The van der Waals surface area contributed by atoms with Crippen LogP contribution >= 0.6 is 0 Å². The van der Waals surface area contributed by atoms with Gasteiger partial charge in [0.2, 0.25) is 5.91 Å². The molecule has 32 heavy (non-hydrogen) atoms. The minimum absolute atomic E-state index is 0.132. The van der Waals surface area contributed by atoms with Gasteiger partial charge in [-0.3, -0.25) is 9.59 Å². The van der Waals surface area contributed by atoms with Gasteiger partial charge in [0.05, 0.1) is 6.54 Å². The Labute approximate surface area is 186 Å². The first kappa shape index (κ1) is 21.7. The lowest BCUT2D eigenvalue weighted by molar-refractivity contribution is -0.133. The number of imidazole rings is 1. The molecule has 2 aromatic heterocycles. The number of carbonyl (C=O) groups excluding carboxylic acids is 2. The maximum Gasteiger partial charge on any atom is 0.254 e. The van der Waals surface area contributed by atoms with Gasteiger partial charge in [0.1, 0.15) is 22.8 Å². The van der Waals surface area contributed by atoms with Crippen LogP contribution in [0, 0.1) is 13.8 Å². The molecule has 1 aliphatic rings. The van der Waals surface area contributed by atoms with Crippen molar-refractivity contribution in [2.75, 3.05) is 6.54 Å². The van der Waals surface area contributed by atoms with Crippen molar-refractivity contribution in [2.24, 2.45) is 0 Å². The first-order chi connectivity index (χ1) is 15.4. The van der Waals surface area contributed by atoms with Crippen molar-refractivity contribution in [1.29, 1.82) is 0 Å². The highest BCUT2D eigenvalue weighted by atomic mass is 16.6. The summed E-state index contributed by atoms with van der Waals surface area (Å²) in [4.78, 5) is 32.5. The van der Waals surface area contributed by atoms with Crippen LogP contribution in [0.2, 0.25) is 0 Å². The second-order valence-electron chi connectivity index (χ2n) is 8.47. The molecule has 3 heterocycles. The molecule has 0 radical (unpaired) electrons. The molecule has 1 aromatic carbocycles. The third kappa shape index (κ3) is 4.28. The lowest BCUT2D eigenvalue weighted by Crippen LogP contribution is -2.60. The second kappa shape index (κ2) is 8.94. The standard InChI is InChI=1S/C23H28N6O3/c1-16-20(27-32-26-16)14-25-22(31)23(3)10-4-5-12-29(23)21(30)19-8-6-18(7-9-19)15-28-13-11-24-17(28)2/h6-9,11,13H,4-5,10,12,14-15H2,1-3H3,(H,25,31)/t23-/m0/s1. The largest absolute Gasteiger partial charge is 0.348 e. The monoisotopic (exact) mass is 436 g/mol. The van der Waals surface area contributed by atoms with Crippen molar-refractivity contribution in [1.82, 2.24) is 30.1 Å². The number of benzene rings is 1. The molecule has 3 aromatic rings. The molecule has 4 rings (SSSR count). The van der Waals surface area contributed by atoms with Gasteiger partial charge in [-0.25, -0.2) is 9.61 Å². The molecule has 1 aliphatic heterocycles. The van der Waals surface area contributed by atoms with E-state index in [0.29, 0.717) is 36.5 Å². The average molecular weight is 437 g/mol. The van der Waals surface area contributed by atoms with Crippen molar-refractivity contribution in [3.05, 3.63) is 65.0 Å². The minimum Gasteiger partial charge on any atom is -0.348 e. The average Bonchev–Trinajstić information content (AvgIpc) is 3.40. The summed E-state index contributed by atoms with van der Waals surface area (Å²) in [6.07, 6.45) is 6.08. The van der Waals surface area contributed by atoms with E-state index in [-0.39, 0.29) is 18.4 Å². The van der Waals surface area contributed by atoms with Crippen molar-refractivity contribution < 1.29 is 14.2 Å². The molecular formula is C23H28N6O3. The van der Waals surface area contributed by atoms with Gasteiger partial charge in [0.15, 0.2) is 0 Å². The minimum atomic E-state index is -0.924. The highest BCUT2D eigenvalue weighted by Crippen LogP contribution is 2.30. The number of nitrogens with zero attached hydrogens (tertiary/aromatic N) is 5. The zero-order chi connectivity index (χ0) is 22.7. The molecule has 0 saturated carbocycles. The Hall–Kier alpha value is -3.49. The van der Waals surface area contributed by atoms with Gasteiger partial charge in [-0.05, 0) is 57.7 Å². The Bertz CT molecular complexity index is 1100. The van der Waals surface area contributed by atoms with Crippen LogP contribution in [0.3, 0.4) is 0 Å². The third-order valence-electron chi connectivity index (χ3n) is 6.27. The van der Waals surface area contributed by atoms with E-state index in [4.69, 9.17) is 4.63 Å². The lowest BCUT2D eigenvalue weighted by atomic mass is 9.86. The van der Waals surface area contributed by atoms with Crippen LogP contribution in [-0.2, 0) is 17.9 Å². The molecule has 1 fully saturated rings. The smallest absolute Gasteiger partial charge is 0.254 e. The molecule has 1 saturated heterocycles. The Kier molecular flexibility index (Phi) is 6.07. The van der Waals surface area contributed by atoms with Crippen LogP contribution in [0.25, 0.3) is 0 Å². The highest BCUT2D eigenvalue weighted by Gasteiger charge is 2.43. The molecule has 1 atom stereocenters. The van der Waals surface area contributed by atoms with Gasteiger partial charge in [0.25, 0.3) is 5.91 Å². The Morgan fingerprint density at radius 3 is 2.59 bits per heavy atom. The Morgan fingerprint density at radius 2 is 1.94 bits per heavy atom. The SMILES string of the molecule is Cc1nonc1CNC(=O)[C@]1(C)CCCCN1C(=O)c1ccc(Cn2ccnc2C)cc1. The van der Waals surface area contributed by atoms with Crippen molar-refractivity contribution >= 4 is 11.8 Å². The normalized spacial score (nSPS) is 18.5. The van der Waals surface area contributed by atoms with Crippen LogP contribution in [-0.4, -0.2) is 48.7 Å². The number of nitrogens with one attached hydrogen (secondary N) is 1. The van der Waals surface area contributed by atoms with Crippen LogP contribution < -0.4 is 5.32 Å². The summed E-state index contributed by atoms with van der Waals surface area (Å²) < 4.78 is 6.74. The number of amides is 2. The molecule has 0 bridgehead atoms. The lowest BCUT2D eigenvalue weighted by Gasteiger charge is -2.43. The van der Waals surface area contributed by atoms with Gasteiger partial charge >= 0.3 is 0 Å². The van der Waals surface area contributed by atoms with Crippen LogP contribution in [0.1, 0.15) is 59.3 Å². The molecule has 168 valence electrons. The Balaban J connectivity index is 1.47. The molecule has 0 aliphatic carbocycles. The molecule has 9 heteroatoms. The molecule has 1 N–H and O–H groups in total. The molecule has 0 spiro atoms. The van der Waals surface area contributed by atoms with Gasteiger partial charge in [0, 0.05) is 31.0 Å². The second-order valence-corrected chi connectivity index (χ2v) is 8.47. The summed E-state index contributed by atoms with van der Waals surface area (Å²) in [6, 6.07) is 7.57. The van der Waals surface area contributed by atoms with Crippen molar-refractivity contribution in [3.8, 4) is 0 Å². The van der Waals surface area contributed by atoms with E-state index in [9.17, 15) is 9.59 Å². The first-order valence-corrected chi connectivity index (χ1v) is 10.8. The third-order valence-corrected chi connectivity index (χ3v) is 6.27. The number of hydrogen-bond donors (Lipinski definition) is 1. The summed E-state index contributed by atoms with van der Waals surface area (Å²) in [5.41, 5.74) is 1.96. The fourth-order valence-corrected chi connectivity index (χ4v) is 4.12. The van der Waals surface area contributed by atoms with E-state index in [1.807, 2.05) is 44.3 Å². The van der Waals surface area contributed by atoms with Gasteiger partial charge < -0.3 is 14.8 Å². The van der Waals surface area contributed by atoms with E-state index < -0.39 is 5.54 Å². The van der Waals surface area contributed by atoms with E-state index in [1.165, 1.54) is 0 Å². The van der Waals surface area contributed by atoms with E-state index in [2.05, 4.69) is 25.2 Å². The van der Waals surface area contributed by atoms with Gasteiger partial charge in [-0.2, -0.15) is 0 Å². The number of likely N-dealkylation sites (tertiary alicyclic amines) is 1. The van der Waals surface area contributed by atoms with E-state index in [0.717, 1.165) is 24.2 Å². The predicted molar refractivity (Wildman–Crippen MR) is 117 cm³/mol. The van der Waals surface area contributed by atoms with Crippen molar-refractivity contribution in [2.45, 2.75) is 58.7 Å². The maximum absolute atomic E-state index is 13.4. The summed E-state index contributed by atoms with van der Waals surface area (Å²) in [5, 5.41) is 10.5. The number of aromatic nitrogens is 4. The zero-order valence-corrected chi connectivity index (χ0v) is 18.7. The number of aryl methyl sites for hydroxylation is 2. The zero-order valence-electron chi connectivity index (χ0n) is 18.7. The number of rotatable bonds is 6. The summed E-state index contributed by atoms with van der Waals surface area (Å²) in [5.74, 6) is 0.615. The fourth-order valence-electron chi connectivity index (χ4n) is 4.12. The molecule has 2 amide bonds. The molecule has 9 nitrogen and oxygen atoms in total. The van der Waals surface area contributed by atoms with Crippen LogP contribution in [0.4, 0.5) is 0 Å². The molecular weight excluding hydrogens is 408 g/mol. The van der Waals surface area contributed by atoms with E-state index in [1.54, 1.807) is 18.0 Å². The maximum atomic E-state index is 13.4. The topological polar surface area (TPSA) is 106 Å². The molecule has 0 unspecified atom stereocenters. The Morgan fingerprint density at radius 1 is 1.16 bits per heavy atom. The van der Waals surface area contributed by atoms with Crippen LogP contribution in [0.5, 0.6) is 0 Å². The fraction of sp³-hybridized carbons (Fsp3) is 0.435. The predicted octanol–water partition coefficient (Wildman–Crippen LogP) is 2.63. The number of hydrogen-bond acceptors (Lipinski definition) is 6. The first-order valence-electron chi connectivity index (χ1n) is 10.8. The highest BCUT2D eigenvalue weighted by molar-refractivity contribution is 5.99. The summed E-state index contributed by atoms with van der Waals surface area (Å²) >= 11 is 0. The van der Waals surface area contributed by atoms with Gasteiger partial charge in [-0.1, -0.05) is 22.4 Å². The summed E-state index contributed by atoms with van der Waals surface area (Å²) in [6.45, 7) is 7.02. The quantitative estimate of drug-likeness (QED) is 0.637. The van der Waals surface area contributed by atoms with Crippen molar-refractivity contribution in [3.63, 3.8) is 0 Å². The van der Waals surface area contributed by atoms with Gasteiger partial charge in [-0.15, -0.1) is 0 Å².